The van der Waals surface area contributed by atoms with E-state index in [1.54, 1.807) is 12.1 Å². The van der Waals surface area contributed by atoms with Crippen molar-refractivity contribution in [1.29, 1.82) is 0 Å². The molecule has 0 spiro atoms. The molecule has 2 aliphatic rings. The molecule has 6 nitrogen and oxygen atoms in total. The molecule has 0 aromatic heterocycles. The SMILES string of the molecule is O=C(NC1CC1)c1ccc(S(=O)(=O)NCC[C@@H]2CCCOC2)cc1. The highest BCUT2D eigenvalue weighted by Gasteiger charge is 2.24. The quantitative estimate of drug-likeness (QED) is 0.782. The average Bonchev–Trinajstić information content (AvgIpc) is 3.40. The lowest BCUT2D eigenvalue weighted by molar-refractivity contribution is 0.0523. The number of nitrogens with one attached hydrogen (secondary N) is 2. The van der Waals surface area contributed by atoms with Gasteiger partial charge in [0.15, 0.2) is 0 Å². The predicted molar refractivity (Wildman–Crippen MR) is 90.3 cm³/mol. The van der Waals surface area contributed by atoms with Crippen molar-refractivity contribution in [1.82, 2.24) is 10.0 Å². The van der Waals surface area contributed by atoms with Crippen molar-refractivity contribution in [2.75, 3.05) is 19.8 Å². The van der Waals surface area contributed by atoms with Gasteiger partial charge in [0.1, 0.15) is 0 Å². The summed E-state index contributed by atoms with van der Waals surface area (Å²) in [6, 6.07) is 6.36. The van der Waals surface area contributed by atoms with Gasteiger partial charge in [-0.2, -0.15) is 0 Å². The number of ether oxygens (including phenoxy) is 1. The van der Waals surface area contributed by atoms with E-state index < -0.39 is 10.0 Å². The summed E-state index contributed by atoms with van der Waals surface area (Å²) < 4.78 is 32.6. The first kappa shape index (κ1) is 17.4. The van der Waals surface area contributed by atoms with E-state index in [-0.39, 0.29) is 16.8 Å². The normalized spacial score (nSPS) is 21.4. The number of carbonyl (C=O) groups excluding carboxylic acids is 1. The lowest BCUT2D eigenvalue weighted by Gasteiger charge is -2.21. The van der Waals surface area contributed by atoms with Gasteiger partial charge in [-0.05, 0) is 62.3 Å². The van der Waals surface area contributed by atoms with Crippen LogP contribution in [0.4, 0.5) is 0 Å². The molecule has 1 heterocycles. The summed E-state index contributed by atoms with van der Waals surface area (Å²) in [5, 5.41) is 2.88. The number of benzene rings is 1. The van der Waals surface area contributed by atoms with Gasteiger partial charge >= 0.3 is 0 Å². The maximum atomic E-state index is 12.3. The maximum Gasteiger partial charge on any atom is 0.251 e. The number of hydrogen-bond acceptors (Lipinski definition) is 4. The third kappa shape index (κ3) is 4.78. The molecular formula is C17H24N2O4S. The van der Waals surface area contributed by atoms with Crippen LogP contribution in [0.15, 0.2) is 29.2 Å². The molecule has 2 N–H and O–H groups in total. The first-order valence-corrected chi connectivity index (χ1v) is 10.0. The van der Waals surface area contributed by atoms with E-state index in [0.29, 0.717) is 24.6 Å². The van der Waals surface area contributed by atoms with Gasteiger partial charge in [0.05, 0.1) is 4.90 Å². The van der Waals surface area contributed by atoms with Crippen molar-refractivity contribution in [3.05, 3.63) is 29.8 Å². The predicted octanol–water partition coefficient (Wildman–Crippen LogP) is 1.67. The molecule has 1 amide bonds. The first-order valence-electron chi connectivity index (χ1n) is 8.53. The Kier molecular flexibility index (Phi) is 5.53. The standard InChI is InChI=1S/C17H24N2O4S/c20-17(19-15-5-6-15)14-3-7-16(8-4-14)24(21,22)18-10-9-13-2-1-11-23-12-13/h3-4,7-8,13,15,18H,1-2,5-6,9-12H2,(H,19,20)/t13-/m0/s1. The Morgan fingerprint density at radius 1 is 1.17 bits per heavy atom. The van der Waals surface area contributed by atoms with Crippen LogP contribution in [0.5, 0.6) is 0 Å². The van der Waals surface area contributed by atoms with Gasteiger partial charge in [-0.15, -0.1) is 0 Å². The van der Waals surface area contributed by atoms with E-state index in [0.717, 1.165) is 38.7 Å². The first-order chi connectivity index (χ1) is 11.5. The summed E-state index contributed by atoms with van der Waals surface area (Å²) in [4.78, 5) is 12.1. The zero-order valence-electron chi connectivity index (χ0n) is 13.7. The number of rotatable bonds is 7. The van der Waals surface area contributed by atoms with Crippen molar-refractivity contribution in [2.24, 2.45) is 5.92 Å². The summed E-state index contributed by atoms with van der Waals surface area (Å²) in [6.45, 7) is 1.93. The summed E-state index contributed by atoms with van der Waals surface area (Å²) in [7, 11) is -3.54. The maximum absolute atomic E-state index is 12.3. The van der Waals surface area contributed by atoms with Crippen molar-refractivity contribution >= 4 is 15.9 Å². The molecule has 24 heavy (non-hydrogen) atoms. The highest BCUT2D eigenvalue weighted by atomic mass is 32.2. The fraction of sp³-hybridized carbons (Fsp3) is 0.588. The second-order valence-electron chi connectivity index (χ2n) is 6.54. The molecule has 0 bridgehead atoms. The van der Waals surface area contributed by atoms with Crippen LogP contribution in [0.3, 0.4) is 0 Å². The Morgan fingerprint density at radius 2 is 1.92 bits per heavy atom. The number of amides is 1. The van der Waals surface area contributed by atoms with Crippen LogP contribution < -0.4 is 10.0 Å². The molecule has 1 aromatic carbocycles. The molecule has 1 aliphatic heterocycles. The minimum Gasteiger partial charge on any atom is -0.381 e. The second kappa shape index (κ2) is 7.63. The van der Waals surface area contributed by atoms with Crippen molar-refractivity contribution in [2.45, 2.75) is 43.0 Å². The molecule has 1 atom stereocenters. The summed E-state index contributed by atoms with van der Waals surface area (Å²) >= 11 is 0. The summed E-state index contributed by atoms with van der Waals surface area (Å²) in [5.41, 5.74) is 0.486. The number of carbonyl (C=O) groups is 1. The van der Waals surface area contributed by atoms with Crippen LogP contribution in [0.2, 0.25) is 0 Å². The molecule has 132 valence electrons. The van der Waals surface area contributed by atoms with Gasteiger partial charge in [-0.25, -0.2) is 13.1 Å². The minimum atomic E-state index is -3.54. The Balaban J connectivity index is 1.52. The van der Waals surface area contributed by atoms with E-state index in [9.17, 15) is 13.2 Å². The smallest absolute Gasteiger partial charge is 0.251 e. The molecule has 7 heteroatoms. The molecule has 1 aromatic rings. The van der Waals surface area contributed by atoms with Gasteiger partial charge in [-0.3, -0.25) is 4.79 Å². The van der Waals surface area contributed by atoms with Crippen LogP contribution in [0, 0.1) is 5.92 Å². The van der Waals surface area contributed by atoms with Gasteiger partial charge in [-0.1, -0.05) is 0 Å². The van der Waals surface area contributed by atoms with Gasteiger partial charge in [0.25, 0.3) is 5.91 Å². The van der Waals surface area contributed by atoms with E-state index in [4.69, 9.17) is 4.74 Å². The van der Waals surface area contributed by atoms with Gasteiger partial charge in [0, 0.05) is 31.4 Å². The van der Waals surface area contributed by atoms with E-state index in [1.807, 2.05) is 0 Å². The van der Waals surface area contributed by atoms with E-state index >= 15 is 0 Å². The fourth-order valence-electron chi connectivity index (χ4n) is 2.80. The molecule has 0 radical (unpaired) electrons. The zero-order valence-corrected chi connectivity index (χ0v) is 14.5. The van der Waals surface area contributed by atoms with Crippen LogP contribution in [-0.2, 0) is 14.8 Å². The molecule has 2 fully saturated rings. The van der Waals surface area contributed by atoms with Crippen molar-refractivity contribution < 1.29 is 17.9 Å². The Hall–Kier alpha value is -1.44. The summed E-state index contributed by atoms with van der Waals surface area (Å²) in [6.07, 6.45) is 4.96. The Labute approximate surface area is 143 Å². The van der Waals surface area contributed by atoms with Crippen LogP contribution in [0.1, 0.15) is 42.5 Å². The monoisotopic (exact) mass is 352 g/mol. The number of sulfonamides is 1. The molecule has 3 rings (SSSR count). The van der Waals surface area contributed by atoms with Crippen LogP contribution in [0.25, 0.3) is 0 Å². The lowest BCUT2D eigenvalue weighted by atomic mass is 9.99. The van der Waals surface area contributed by atoms with Crippen LogP contribution >= 0.6 is 0 Å². The molecule has 0 unspecified atom stereocenters. The molecule has 1 saturated carbocycles. The highest BCUT2D eigenvalue weighted by Crippen LogP contribution is 2.20. The Morgan fingerprint density at radius 3 is 2.54 bits per heavy atom. The molecule has 1 aliphatic carbocycles. The molecule has 1 saturated heterocycles. The van der Waals surface area contributed by atoms with Gasteiger partial charge in [0.2, 0.25) is 10.0 Å². The minimum absolute atomic E-state index is 0.147. The summed E-state index contributed by atoms with van der Waals surface area (Å²) in [5.74, 6) is 0.279. The molecular weight excluding hydrogens is 328 g/mol. The largest absolute Gasteiger partial charge is 0.381 e. The lowest BCUT2D eigenvalue weighted by Crippen LogP contribution is -2.28. The number of hydrogen-bond donors (Lipinski definition) is 2. The topological polar surface area (TPSA) is 84.5 Å². The van der Waals surface area contributed by atoms with Crippen molar-refractivity contribution in [3.63, 3.8) is 0 Å². The van der Waals surface area contributed by atoms with Gasteiger partial charge < -0.3 is 10.1 Å². The third-order valence-electron chi connectivity index (χ3n) is 4.44. The average molecular weight is 352 g/mol. The van der Waals surface area contributed by atoms with E-state index in [1.165, 1.54) is 12.1 Å². The fourth-order valence-corrected chi connectivity index (χ4v) is 3.85. The van der Waals surface area contributed by atoms with Crippen LogP contribution in [-0.4, -0.2) is 40.1 Å². The second-order valence-corrected chi connectivity index (χ2v) is 8.31. The Bertz CT molecular complexity index is 662. The zero-order chi connectivity index (χ0) is 17.0. The van der Waals surface area contributed by atoms with Crippen molar-refractivity contribution in [3.8, 4) is 0 Å². The highest BCUT2D eigenvalue weighted by molar-refractivity contribution is 7.89. The van der Waals surface area contributed by atoms with E-state index in [2.05, 4.69) is 10.0 Å². The third-order valence-corrected chi connectivity index (χ3v) is 5.92.